The predicted molar refractivity (Wildman–Crippen MR) is 71.4 cm³/mol. The highest BCUT2D eigenvalue weighted by Gasteiger charge is 2.10. The van der Waals surface area contributed by atoms with Gasteiger partial charge in [-0.2, -0.15) is 0 Å². The van der Waals surface area contributed by atoms with Crippen molar-refractivity contribution in [1.29, 1.82) is 0 Å². The van der Waals surface area contributed by atoms with E-state index in [4.69, 9.17) is 16.7 Å². The van der Waals surface area contributed by atoms with E-state index in [9.17, 15) is 9.59 Å². The monoisotopic (exact) mass is 294 g/mol. The van der Waals surface area contributed by atoms with Crippen LogP contribution in [0.3, 0.4) is 0 Å². The molecule has 1 amide bonds. The zero-order chi connectivity index (χ0) is 14.5. The maximum Gasteiger partial charge on any atom is 0.325 e. The molecule has 2 rings (SSSR count). The van der Waals surface area contributed by atoms with Crippen LogP contribution in [-0.2, 0) is 22.6 Å². The number of aromatic nitrogens is 3. The van der Waals surface area contributed by atoms with Gasteiger partial charge in [-0.15, -0.1) is 5.10 Å². The van der Waals surface area contributed by atoms with Crippen molar-refractivity contribution in [3.05, 3.63) is 41.0 Å². The van der Waals surface area contributed by atoms with Crippen LogP contribution in [-0.4, -0.2) is 32.0 Å². The van der Waals surface area contributed by atoms with Crippen molar-refractivity contribution in [1.82, 2.24) is 15.0 Å². The Morgan fingerprint density at radius 1 is 1.35 bits per heavy atom. The van der Waals surface area contributed by atoms with Crippen LogP contribution in [0.5, 0.6) is 0 Å². The second-order valence-corrected chi connectivity index (χ2v) is 4.42. The van der Waals surface area contributed by atoms with Crippen molar-refractivity contribution in [2.75, 3.05) is 5.32 Å². The lowest BCUT2D eigenvalue weighted by molar-refractivity contribution is -0.137. The van der Waals surface area contributed by atoms with Gasteiger partial charge < -0.3 is 10.4 Å². The van der Waals surface area contributed by atoms with Gasteiger partial charge in [-0.1, -0.05) is 35.0 Å². The van der Waals surface area contributed by atoms with E-state index in [2.05, 4.69) is 15.6 Å². The number of anilines is 1. The summed E-state index contributed by atoms with van der Waals surface area (Å²) in [6, 6.07) is 7.02. The molecule has 0 saturated heterocycles. The maximum atomic E-state index is 11.8. The fourth-order valence-corrected chi connectivity index (χ4v) is 1.78. The normalized spacial score (nSPS) is 10.2. The number of carboxylic acids is 1. The molecule has 0 aliphatic carbocycles. The third-order valence-corrected chi connectivity index (χ3v) is 2.78. The molecule has 0 saturated carbocycles. The van der Waals surface area contributed by atoms with Gasteiger partial charge in [0.1, 0.15) is 6.54 Å². The van der Waals surface area contributed by atoms with E-state index in [-0.39, 0.29) is 24.7 Å². The third kappa shape index (κ3) is 3.79. The molecule has 1 aromatic heterocycles. The fraction of sp³-hybridized carbons (Fsp3) is 0.167. The minimum atomic E-state index is -1.04. The molecule has 2 N–H and O–H groups in total. The molecule has 0 aliphatic heterocycles. The summed E-state index contributed by atoms with van der Waals surface area (Å²) in [5.41, 5.74) is 0.699. The summed E-state index contributed by atoms with van der Waals surface area (Å²) < 4.78 is 1.12. The molecule has 2 aromatic rings. The Bertz CT molecular complexity index is 641. The molecule has 1 aromatic carbocycles. The summed E-state index contributed by atoms with van der Waals surface area (Å²) in [5, 5.41) is 18.9. The van der Waals surface area contributed by atoms with E-state index in [0.29, 0.717) is 10.6 Å². The van der Waals surface area contributed by atoms with Crippen molar-refractivity contribution in [2.45, 2.75) is 13.0 Å². The molecule has 0 aliphatic rings. The average molecular weight is 295 g/mol. The number of hydrogen-bond acceptors (Lipinski definition) is 4. The van der Waals surface area contributed by atoms with E-state index < -0.39 is 5.97 Å². The van der Waals surface area contributed by atoms with Gasteiger partial charge in [0.2, 0.25) is 5.91 Å². The highest BCUT2D eigenvalue weighted by Crippen LogP contribution is 2.15. The Balaban J connectivity index is 1.96. The standard InChI is InChI=1S/C12H11ClN4O3/c13-9-4-2-1-3-8(9)5-11(18)14-10-6-17(16-15-10)7-12(19)20/h1-4,6H,5,7H2,(H,14,18)(H,19,20). The van der Waals surface area contributed by atoms with Crippen molar-refractivity contribution in [3.8, 4) is 0 Å². The minimum Gasteiger partial charge on any atom is -0.480 e. The van der Waals surface area contributed by atoms with Crippen LogP contribution in [0.25, 0.3) is 0 Å². The smallest absolute Gasteiger partial charge is 0.325 e. The van der Waals surface area contributed by atoms with E-state index in [1.54, 1.807) is 24.3 Å². The van der Waals surface area contributed by atoms with Gasteiger partial charge in [0.15, 0.2) is 5.82 Å². The van der Waals surface area contributed by atoms with Crippen LogP contribution in [0.4, 0.5) is 5.82 Å². The first-order valence-corrected chi connectivity index (χ1v) is 6.07. The summed E-state index contributed by atoms with van der Waals surface area (Å²) in [4.78, 5) is 22.3. The molecule has 7 nitrogen and oxygen atoms in total. The largest absolute Gasteiger partial charge is 0.480 e. The summed E-state index contributed by atoms with van der Waals surface area (Å²) in [5.74, 6) is -1.15. The van der Waals surface area contributed by atoms with Gasteiger partial charge in [0.05, 0.1) is 12.6 Å². The molecular formula is C12H11ClN4O3. The van der Waals surface area contributed by atoms with Gasteiger partial charge in [0.25, 0.3) is 0 Å². The van der Waals surface area contributed by atoms with Crippen molar-refractivity contribution in [2.24, 2.45) is 0 Å². The molecule has 8 heteroatoms. The molecule has 0 unspecified atom stereocenters. The number of benzene rings is 1. The maximum absolute atomic E-state index is 11.8. The zero-order valence-corrected chi connectivity index (χ0v) is 11.0. The summed E-state index contributed by atoms with van der Waals surface area (Å²) in [7, 11) is 0. The number of carbonyl (C=O) groups is 2. The van der Waals surface area contributed by atoms with Gasteiger partial charge in [0, 0.05) is 5.02 Å². The summed E-state index contributed by atoms with van der Waals surface area (Å²) in [6.45, 7) is -0.312. The molecule has 1 heterocycles. The molecule has 0 bridgehead atoms. The first-order valence-electron chi connectivity index (χ1n) is 5.70. The number of hydrogen-bond donors (Lipinski definition) is 2. The molecule has 0 spiro atoms. The number of aliphatic carboxylic acids is 1. The van der Waals surface area contributed by atoms with E-state index in [1.165, 1.54) is 6.20 Å². The van der Waals surface area contributed by atoms with Gasteiger partial charge in [-0.25, -0.2) is 4.68 Å². The molecule has 0 radical (unpaired) electrons. The van der Waals surface area contributed by atoms with Crippen molar-refractivity contribution in [3.63, 3.8) is 0 Å². The SMILES string of the molecule is O=C(O)Cn1cc(NC(=O)Cc2ccccc2Cl)nn1. The number of nitrogens with one attached hydrogen (secondary N) is 1. The van der Waals surface area contributed by atoms with Gasteiger partial charge >= 0.3 is 5.97 Å². The molecule has 20 heavy (non-hydrogen) atoms. The third-order valence-electron chi connectivity index (χ3n) is 2.41. The lowest BCUT2D eigenvalue weighted by Gasteiger charge is -2.03. The van der Waals surface area contributed by atoms with E-state index in [1.807, 2.05) is 0 Å². The summed E-state index contributed by atoms with van der Waals surface area (Å²) in [6.07, 6.45) is 1.45. The lowest BCUT2D eigenvalue weighted by atomic mass is 10.1. The van der Waals surface area contributed by atoms with Gasteiger partial charge in [-0.3, -0.25) is 9.59 Å². The van der Waals surface area contributed by atoms with Crippen LogP contribution >= 0.6 is 11.6 Å². The Kier molecular flexibility index (Phi) is 4.31. The second-order valence-electron chi connectivity index (χ2n) is 4.01. The average Bonchev–Trinajstić information content (AvgIpc) is 2.78. The van der Waals surface area contributed by atoms with E-state index in [0.717, 1.165) is 4.68 Å². The number of nitrogens with zero attached hydrogens (tertiary/aromatic N) is 3. The second kappa shape index (κ2) is 6.16. The molecule has 0 atom stereocenters. The van der Waals surface area contributed by atoms with Gasteiger partial charge in [-0.05, 0) is 11.6 Å². The number of rotatable bonds is 5. The highest BCUT2D eigenvalue weighted by molar-refractivity contribution is 6.31. The lowest BCUT2D eigenvalue weighted by Crippen LogP contribution is -2.15. The molecule has 104 valence electrons. The molecular weight excluding hydrogens is 284 g/mol. The van der Waals surface area contributed by atoms with Crippen LogP contribution in [0, 0.1) is 0 Å². The van der Waals surface area contributed by atoms with Crippen LogP contribution in [0.2, 0.25) is 5.02 Å². The van der Waals surface area contributed by atoms with E-state index >= 15 is 0 Å². The number of carboxylic acid groups (broad SMARTS) is 1. The highest BCUT2D eigenvalue weighted by atomic mass is 35.5. The first-order chi connectivity index (χ1) is 9.54. The van der Waals surface area contributed by atoms with Crippen molar-refractivity contribution < 1.29 is 14.7 Å². The number of carbonyl (C=O) groups excluding carboxylic acids is 1. The quantitative estimate of drug-likeness (QED) is 0.863. The Morgan fingerprint density at radius 2 is 2.10 bits per heavy atom. The number of halogens is 1. The van der Waals surface area contributed by atoms with Crippen LogP contribution in [0.15, 0.2) is 30.5 Å². The summed E-state index contributed by atoms with van der Waals surface area (Å²) >= 11 is 5.96. The Labute approximate surface area is 119 Å². The first kappa shape index (κ1) is 14.0. The zero-order valence-electron chi connectivity index (χ0n) is 10.3. The topological polar surface area (TPSA) is 97.1 Å². The Hall–Kier alpha value is -2.41. The van der Waals surface area contributed by atoms with Crippen molar-refractivity contribution >= 4 is 29.3 Å². The minimum absolute atomic E-state index is 0.103. The number of amides is 1. The molecule has 0 fully saturated rings. The predicted octanol–water partition coefficient (Wildman–Crippen LogP) is 1.20. The Morgan fingerprint density at radius 3 is 2.80 bits per heavy atom. The van der Waals surface area contributed by atoms with Crippen LogP contribution in [0.1, 0.15) is 5.56 Å². The van der Waals surface area contributed by atoms with Crippen LogP contribution < -0.4 is 5.32 Å². The fourth-order valence-electron chi connectivity index (χ4n) is 1.57.